The van der Waals surface area contributed by atoms with E-state index in [1.54, 1.807) is 12.4 Å². The zero-order valence-corrected chi connectivity index (χ0v) is 15.5. The molecule has 0 aliphatic rings. The quantitative estimate of drug-likeness (QED) is 0.766. The van der Waals surface area contributed by atoms with Crippen LogP contribution in [0.15, 0.2) is 30.6 Å². The van der Waals surface area contributed by atoms with E-state index in [0.717, 1.165) is 43.0 Å². The molecule has 0 aliphatic carbocycles. The van der Waals surface area contributed by atoms with Crippen LogP contribution in [-0.4, -0.2) is 35.5 Å². The molecule has 0 saturated carbocycles. The molecule has 0 bridgehead atoms. The van der Waals surface area contributed by atoms with Gasteiger partial charge in [0.05, 0.1) is 5.56 Å². The molecule has 0 atom stereocenters. The van der Waals surface area contributed by atoms with Gasteiger partial charge in [-0.25, -0.2) is 9.97 Å². The van der Waals surface area contributed by atoms with Gasteiger partial charge in [0.2, 0.25) is 5.95 Å². The molecule has 0 radical (unpaired) electrons. The zero-order chi connectivity index (χ0) is 18.2. The molecule has 1 amide bonds. The van der Waals surface area contributed by atoms with Crippen LogP contribution in [0.3, 0.4) is 0 Å². The number of aryl methyl sites for hydroxylation is 1. The molecule has 134 valence electrons. The smallest absolute Gasteiger partial charge is 0.258 e. The van der Waals surface area contributed by atoms with Gasteiger partial charge in [-0.05, 0) is 51.0 Å². The van der Waals surface area contributed by atoms with Gasteiger partial charge in [-0.1, -0.05) is 6.92 Å². The number of amides is 1. The molecule has 0 spiro atoms. The Kier molecular flexibility index (Phi) is 6.74. The van der Waals surface area contributed by atoms with Crippen molar-refractivity contribution in [3.63, 3.8) is 0 Å². The number of hydrogen-bond donors (Lipinski definition) is 2. The van der Waals surface area contributed by atoms with Crippen LogP contribution in [-0.2, 0) is 0 Å². The molecule has 0 unspecified atom stereocenters. The summed E-state index contributed by atoms with van der Waals surface area (Å²) in [6.07, 6.45) is 4.08. The number of carbonyl (C=O) groups excluding carboxylic acids is 1. The van der Waals surface area contributed by atoms with Gasteiger partial charge in [0.15, 0.2) is 0 Å². The SMILES string of the molecule is CCCNc1ncc(C(=O)Nc2ccc(N(CC)CC)cc2C)cn1. The van der Waals surface area contributed by atoms with Crippen molar-refractivity contribution in [3.05, 3.63) is 41.7 Å². The topological polar surface area (TPSA) is 70.2 Å². The maximum absolute atomic E-state index is 12.4. The highest BCUT2D eigenvalue weighted by Gasteiger charge is 2.10. The summed E-state index contributed by atoms with van der Waals surface area (Å²) < 4.78 is 0. The third-order valence-corrected chi connectivity index (χ3v) is 4.03. The lowest BCUT2D eigenvalue weighted by molar-refractivity contribution is 0.102. The summed E-state index contributed by atoms with van der Waals surface area (Å²) in [4.78, 5) is 23.0. The standard InChI is InChI=1S/C19H27N5O/c1-5-10-20-19-21-12-15(13-22-19)18(25)23-17-9-8-16(11-14(17)4)24(6-2)7-3/h8-9,11-13H,5-7,10H2,1-4H3,(H,23,25)(H,20,21,22). The fraction of sp³-hybridized carbons (Fsp3) is 0.421. The minimum Gasteiger partial charge on any atom is -0.372 e. The number of anilines is 3. The van der Waals surface area contributed by atoms with E-state index >= 15 is 0 Å². The first-order valence-corrected chi connectivity index (χ1v) is 8.81. The van der Waals surface area contributed by atoms with Crippen LogP contribution >= 0.6 is 0 Å². The summed E-state index contributed by atoms with van der Waals surface area (Å²) in [5, 5.41) is 6.02. The molecular formula is C19H27N5O. The Morgan fingerprint density at radius 1 is 1.12 bits per heavy atom. The summed E-state index contributed by atoms with van der Waals surface area (Å²) in [7, 11) is 0. The molecule has 25 heavy (non-hydrogen) atoms. The van der Waals surface area contributed by atoms with E-state index in [1.807, 2.05) is 19.1 Å². The van der Waals surface area contributed by atoms with Crippen molar-refractivity contribution >= 4 is 23.2 Å². The first kappa shape index (κ1) is 18.7. The number of hydrogen-bond acceptors (Lipinski definition) is 5. The van der Waals surface area contributed by atoms with Crippen LogP contribution in [0.2, 0.25) is 0 Å². The van der Waals surface area contributed by atoms with Gasteiger partial charge in [0.1, 0.15) is 0 Å². The molecule has 2 rings (SSSR count). The first-order valence-electron chi connectivity index (χ1n) is 8.81. The molecule has 0 aliphatic heterocycles. The number of benzene rings is 1. The summed E-state index contributed by atoms with van der Waals surface area (Å²) in [6, 6.07) is 6.07. The van der Waals surface area contributed by atoms with Crippen molar-refractivity contribution in [2.45, 2.75) is 34.1 Å². The predicted octanol–water partition coefficient (Wildman–Crippen LogP) is 3.71. The van der Waals surface area contributed by atoms with E-state index in [9.17, 15) is 4.79 Å². The average molecular weight is 341 g/mol. The normalized spacial score (nSPS) is 10.4. The highest BCUT2D eigenvalue weighted by molar-refractivity contribution is 6.04. The van der Waals surface area contributed by atoms with E-state index in [0.29, 0.717) is 11.5 Å². The first-order chi connectivity index (χ1) is 12.1. The van der Waals surface area contributed by atoms with E-state index in [4.69, 9.17) is 0 Å². The average Bonchev–Trinajstić information content (AvgIpc) is 2.63. The van der Waals surface area contributed by atoms with E-state index in [1.165, 1.54) is 0 Å². The Labute approximate surface area is 149 Å². The lowest BCUT2D eigenvalue weighted by Gasteiger charge is -2.22. The van der Waals surface area contributed by atoms with Crippen LogP contribution in [0.5, 0.6) is 0 Å². The van der Waals surface area contributed by atoms with E-state index in [-0.39, 0.29) is 5.91 Å². The number of rotatable bonds is 8. The lowest BCUT2D eigenvalue weighted by atomic mass is 10.1. The van der Waals surface area contributed by atoms with Gasteiger partial charge in [-0.15, -0.1) is 0 Å². The second kappa shape index (κ2) is 9.01. The van der Waals surface area contributed by atoms with Crippen LogP contribution in [0.1, 0.15) is 43.1 Å². The van der Waals surface area contributed by atoms with Crippen LogP contribution in [0.25, 0.3) is 0 Å². The second-order valence-corrected chi connectivity index (χ2v) is 5.85. The van der Waals surface area contributed by atoms with Crippen molar-refractivity contribution in [2.75, 3.05) is 35.2 Å². The fourth-order valence-electron chi connectivity index (χ4n) is 2.54. The highest BCUT2D eigenvalue weighted by atomic mass is 16.1. The number of nitrogens with one attached hydrogen (secondary N) is 2. The summed E-state index contributed by atoms with van der Waals surface area (Å²) in [5.41, 5.74) is 3.43. The molecule has 6 nitrogen and oxygen atoms in total. The maximum Gasteiger partial charge on any atom is 0.258 e. The molecule has 1 heterocycles. The summed E-state index contributed by atoms with van der Waals surface area (Å²) >= 11 is 0. The molecule has 6 heteroatoms. The van der Waals surface area contributed by atoms with Crippen LogP contribution in [0, 0.1) is 6.92 Å². The van der Waals surface area contributed by atoms with E-state index < -0.39 is 0 Å². The Bertz CT molecular complexity index is 695. The highest BCUT2D eigenvalue weighted by Crippen LogP contribution is 2.23. The molecule has 0 saturated heterocycles. The van der Waals surface area contributed by atoms with Gasteiger partial charge >= 0.3 is 0 Å². The second-order valence-electron chi connectivity index (χ2n) is 5.85. The summed E-state index contributed by atoms with van der Waals surface area (Å²) in [5.74, 6) is 0.332. The third-order valence-electron chi connectivity index (χ3n) is 4.03. The molecular weight excluding hydrogens is 314 g/mol. The van der Waals surface area contributed by atoms with Crippen molar-refractivity contribution < 1.29 is 4.79 Å². The minimum absolute atomic E-state index is 0.208. The molecule has 1 aromatic heterocycles. The van der Waals surface area contributed by atoms with E-state index in [2.05, 4.69) is 52.3 Å². The molecule has 2 aromatic rings. The maximum atomic E-state index is 12.4. The number of aromatic nitrogens is 2. The van der Waals surface area contributed by atoms with Crippen molar-refractivity contribution in [1.29, 1.82) is 0 Å². The molecule has 2 N–H and O–H groups in total. The van der Waals surface area contributed by atoms with Gasteiger partial charge in [-0.2, -0.15) is 0 Å². The molecule has 1 aromatic carbocycles. The van der Waals surface area contributed by atoms with Crippen LogP contribution < -0.4 is 15.5 Å². The van der Waals surface area contributed by atoms with Gasteiger partial charge in [-0.3, -0.25) is 4.79 Å². The largest absolute Gasteiger partial charge is 0.372 e. The van der Waals surface area contributed by atoms with Gasteiger partial charge in [0, 0.05) is 43.4 Å². The van der Waals surface area contributed by atoms with Gasteiger partial charge in [0.25, 0.3) is 5.91 Å². The Morgan fingerprint density at radius 3 is 2.36 bits per heavy atom. The Hall–Kier alpha value is -2.63. The van der Waals surface area contributed by atoms with Crippen molar-refractivity contribution in [2.24, 2.45) is 0 Å². The third kappa shape index (κ3) is 4.92. The Balaban J connectivity index is 2.07. The summed E-state index contributed by atoms with van der Waals surface area (Å²) in [6.45, 7) is 11.1. The monoisotopic (exact) mass is 341 g/mol. The van der Waals surface area contributed by atoms with Crippen LogP contribution in [0.4, 0.5) is 17.3 Å². The minimum atomic E-state index is -0.208. The van der Waals surface area contributed by atoms with Gasteiger partial charge < -0.3 is 15.5 Å². The Morgan fingerprint density at radius 2 is 1.80 bits per heavy atom. The number of carbonyl (C=O) groups is 1. The van der Waals surface area contributed by atoms with Crippen molar-refractivity contribution in [1.82, 2.24) is 9.97 Å². The lowest BCUT2D eigenvalue weighted by Crippen LogP contribution is -2.22. The molecule has 0 fully saturated rings. The number of nitrogens with zero attached hydrogens (tertiary/aromatic N) is 3. The van der Waals surface area contributed by atoms with Crippen molar-refractivity contribution in [3.8, 4) is 0 Å². The fourth-order valence-corrected chi connectivity index (χ4v) is 2.54. The zero-order valence-electron chi connectivity index (χ0n) is 15.5. The predicted molar refractivity (Wildman–Crippen MR) is 104 cm³/mol.